The van der Waals surface area contributed by atoms with Gasteiger partial charge in [0.1, 0.15) is 0 Å². The maximum Gasteiger partial charge on any atom is 0.311 e. The number of hydrazone groups is 1. The zero-order valence-corrected chi connectivity index (χ0v) is 24.2. The van der Waals surface area contributed by atoms with Crippen molar-refractivity contribution >= 4 is 12.2 Å². The van der Waals surface area contributed by atoms with Crippen LogP contribution in [0, 0.1) is 6.92 Å². The third-order valence-electron chi connectivity index (χ3n) is 3.91. The molecule has 0 aromatic heterocycles. The molecule has 0 amide bonds. The highest BCUT2D eigenvalue weighted by Gasteiger charge is 2.20. The summed E-state index contributed by atoms with van der Waals surface area (Å²) in [6, 6.07) is 17.8. The van der Waals surface area contributed by atoms with Crippen molar-refractivity contribution in [2.75, 3.05) is 27.7 Å². The topological polar surface area (TPSA) is 56.1 Å². The molecule has 5 heteroatoms. The first-order valence-electron chi connectivity index (χ1n) is 12.5. The van der Waals surface area contributed by atoms with E-state index in [1.165, 1.54) is 0 Å². The van der Waals surface area contributed by atoms with Gasteiger partial charge in [0.05, 0.1) is 12.5 Å². The molecule has 1 atom stereocenters. The molecule has 1 N–H and O–H groups in total. The number of hydrogen-bond donors (Lipinski definition) is 1. The van der Waals surface area contributed by atoms with Crippen molar-refractivity contribution in [3.8, 4) is 0 Å². The van der Waals surface area contributed by atoms with E-state index in [0.29, 0.717) is 19.5 Å². The van der Waals surface area contributed by atoms with Crippen LogP contribution in [0.2, 0.25) is 0 Å². The maximum absolute atomic E-state index is 11.7. The molecule has 36 heavy (non-hydrogen) atoms. The number of hydrogen-bond acceptors (Lipinski definition) is 4. The number of nitrogens with zero attached hydrogens (tertiary/aromatic N) is 3. The van der Waals surface area contributed by atoms with E-state index in [4.69, 9.17) is 0 Å². The Morgan fingerprint density at radius 3 is 1.89 bits per heavy atom. The summed E-state index contributed by atoms with van der Waals surface area (Å²) in [6.45, 7) is 19.6. The Labute approximate surface area is 221 Å². The van der Waals surface area contributed by atoms with E-state index < -0.39 is 11.9 Å². The zero-order chi connectivity index (χ0) is 28.4. The van der Waals surface area contributed by atoms with Gasteiger partial charge in [0.15, 0.2) is 0 Å². The fraction of sp³-hybridized carbons (Fsp3) is 0.419. The fourth-order valence-electron chi connectivity index (χ4n) is 2.73. The summed E-state index contributed by atoms with van der Waals surface area (Å²) >= 11 is 0. The quantitative estimate of drug-likeness (QED) is 0.231. The van der Waals surface area contributed by atoms with Gasteiger partial charge in [-0.3, -0.25) is 9.80 Å². The summed E-state index contributed by atoms with van der Waals surface area (Å²) in [5.74, 6) is -1.31. The summed E-state index contributed by atoms with van der Waals surface area (Å²) in [5.41, 5.74) is 3.08. The van der Waals surface area contributed by atoms with Crippen LogP contribution in [0.15, 0.2) is 85.0 Å². The molecule has 1 unspecified atom stereocenters. The average Bonchev–Trinajstić information content (AvgIpc) is 2.82. The van der Waals surface area contributed by atoms with Crippen LogP contribution in [0.4, 0.5) is 0 Å². The normalized spacial score (nSPS) is 10.1. The number of aryl methyl sites for hydroxylation is 1. The molecule has 0 saturated heterocycles. The Morgan fingerprint density at radius 2 is 1.47 bits per heavy atom. The molecule has 0 spiro atoms. The number of carboxylic acid groups (broad SMARTS) is 1. The van der Waals surface area contributed by atoms with Gasteiger partial charge in [-0.2, -0.15) is 5.10 Å². The van der Waals surface area contributed by atoms with E-state index in [1.54, 1.807) is 18.4 Å². The third-order valence-corrected chi connectivity index (χ3v) is 3.91. The molecule has 0 aliphatic carbocycles. The number of rotatable bonds is 8. The summed E-state index contributed by atoms with van der Waals surface area (Å²) in [7, 11) is 6.00. The van der Waals surface area contributed by atoms with Gasteiger partial charge in [0, 0.05) is 12.8 Å². The minimum absolute atomic E-state index is 0.517. The van der Waals surface area contributed by atoms with Gasteiger partial charge in [-0.25, -0.2) is 0 Å². The van der Waals surface area contributed by atoms with Crippen LogP contribution in [0.25, 0.3) is 0 Å². The highest BCUT2D eigenvalue weighted by Crippen LogP contribution is 2.22. The number of allylic oxidation sites excluding steroid dienone is 2. The Hall–Kier alpha value is -3.18. The minimum atomic E-state index is -0.791. The fourth-order valence-corrected chi connectivity index (χ4v) is 2.73. The Kier molecular flexibility index (Phi) is 27.4. The van der Waals surface area contributed by atoms with Crippen LogP contribution in [-0.4, -0.2) is 54.9 Å². The lowest BCUT2D eigenvalue weighted by molar-refractivity contribution is -0.139. The van der Waals surface area contributed by atoms with E-state index in [0.717, 1.165) is 16.7 Å². The Morgan fingerprint density at radius 1 is 0.972 bits per heavy atom. The predicted octanol–water partition coefficient (Wildman–Crippen LogP) is 7.65. The van der Waals surface area contributed by atoms with Gasteiger partial charge in [-0.15, -0.1) is 13.2 Å². The van der Waals surface area contributed by atoms with E-state index >= 15 is 0 Å². The van der Waals surface area contributed by atoms with Crippen LogP contribution >= 0.6 is 0 Å². The second kappa shape index (κ2) is 26.4. The van der Waals surface area contributed by atoms with Crippen LogP contribution < -0.4 is 0 Å². The highest BCUT2D eigenvalue weighted by atomic mass is 16.4. The first-order chi connectivity index (χ1) is 17.2. The van der Waals surface area contributed by atoms with Crippen molar-refractivity contribution in [1.82, 2.24) is 9.91 Å². The highest BCUT2D eigenvalue weighted by molar-refractivity contribution is 5.76. The first kappa shape index (κ1) is 37.4. The molecule has 5 nitrogen and oxygen atoms in total. The van der Waals surface area contributed by atoms with Crippen LogP contribution in [0.5, 0.6) is 0 Å². The maximum atomic E-state index is 11.7. The molecular weight excluding hydrogens is 446 g/mol. The minimum Gasteiger partial charge on any atom is -0.481 e. The van der Waals surface area contributed by atoms with Gasteiger partial charge in [-0.05, 0) is 66.4 Å². The van der Waals surface area contributed by atoms with Crippen LogP contribution in [-0.2, 0) is 11.3 Å². The standard InChI is InChI=1S/C20H24N2O2.C3H9N.2C3H6.C2H6/c1-3-21-22(15-17-9-5-4-6-10-17)13-12-19(20(23)24)18-11-7-8-16(2)14-18;1-4(2)3;2*1-3-2;1-2/h3-11,14,19H,12-13,15H2,1-2H3,(H,23,24);1-3H3;2*3H,1H2,2H3;1-2H3/b21-3-;;;;. The van der Waals surface area contributed by atoms with Crippen molar-refractivity contribution in [2.45, 2.75) is 60.4 Å². The van der Waals surface area contributed by atoms with E-state index in [1.807, 2.05) is 127 Å². The van der Waals surface area contributed by atoms with E-state index in [9.17, 15) is 9.90 Å². The van der Waals surface area contributed by atoms with Crippen molar-refractivity contribution < 1.29 is 9.90 Å². The first-order valence-corrected chi connectivity index (χ1v) is 12.5. The van der Waals surface area contributed by atoms with Crippen molar-refractivity contribution in [2.24, 2.45) is 5.10 Å². The van der Waals surface area contributed by atoms with Gasteiger partial charge >= 0.3 is 5.97 Å². The van der Waals surface area contributed by atoms with Crippen molar-refractivity contribution in [3.63, 3.8) is 0 Å². The third kappa shape index (κ3) is 22.6. The summed E-state index contributed by atoms with van der Waals surface area (Å²) in [6.07, 6.45) is 5.76. The molecule has 0 fully saturated rings. The molecule has 0 bridgehead atoms. The molecule has 0 radical (unpaired) electrons. The van der Waals surface area contributed by atoms with Gasteiger partial charge in [0.2, 0.25) is 0 Å². The van der Waals surface area contributed by atoms with Crippen LogP contribution in [0.3, 0.4) is 0 Å². The number of carboxylic acids is 1. The molecular formula is C31H51N3O2. The molecule has 2 aromatic carbocycles. The van der Waals surface area contributed by atoms with Gasteiger partial charge in [0.25, 0.3) is 0 Å². The van der Waals surface area contributed by atoms with Crippen molar-refractivity contribution in [3.05, 3.63) is 96.6 Å². The van der Waals surface area contributed by atoms with Crippen LogP contribution in [0.1, 0.15) is 63.6 Å². The smallest absolute Gasteiger partial charge is 0.311 e. The number of carbonyl (C=O) groups is 1. The van der Waals surface area contributed by atoms with Gasteiger partial charge in [-0.1, -0.05) is 86.2 Å². The average molecular weight is 498 g/mol. The Bertz CT molecular complexity index is 809. The second-order valence-electron chi connectivity index (χ2n) is 8.00. The summed E-state index contributed by atoms with van der Waals surface area (Å²) in [4.78, 5) is 13.7. The van der Waals surface area contributed by atoms with E-state index in [-0.39, 0.29) is 0 Å². The van der Waals surface area contributed by atoms with E-state index in [2.05, 4.69) is 18.3 Å². The van der Waals surface area contributed by atoms with Crippen molar-refractivity contribution in [1.29, 1.82) is 0 Å². The summed E-state index contributed by atoms with van der Waals surface area (Å²) < 4.78 is 0. The molecule has 0 saturated carbocycles. The molecule has 2 aromatic rings. The summed E-state index contributed by atoms with van der Waals surface area (Å²) in [5, 5.41) is 15.9. The lowest BCUT2D eigenvalue weighted by atomic mass is 9.94. The predicted molar refractivity (Wildman–Crippen MR) is 160 cm³/mol. The zero-order valence-electron chi connectivity index (χ0n) is 24.2. The lowest BCUT2D eigenvalue weighted by Crippen LogP contribution is -2.23. The second-order valence-corrected chi connectivity index (χ2v) is 8.00. The Balaban J connectivity index is -0.000000768. The largest absolute Gasteiger partial charge is 0.481 e. The molecule has 0 heterocycles. The molecule has 0 aliphatic heterocycles. The molecule has 202 valence electrons. The SMILES string of the molecule is C/C=N\N(CCC(C(=O)O)c1cccc(C)c1)Cc1ccccc1.C=CC.C=CC.CC.CN(C)C. The monoisotopic (exact) mass is 497 g/mol. The number of aliphatic carboxylic acids is 1. The lowest BCUT2D eigenvalue weighted by Gasteiger charge is -2.21. The molecule has 2 rings (SSSR count). The number of benzene rings is 2. The van der Waals surface area contributed by atoms with Gasteiger partial charge < -0.3 is 10.0 Å². The molecule has 0 aliphatic rings.